The summed E-state index contributed by atoms with van der Waals surface area (Å²) in [6.07, 6.45) is 4.55. The molecule has 0 N–H and O–H groups in total. The molecule has 1 aliphatic carbocycles. The van der Waals surface area contributed by atoms with Gasteiger partial charge in [0.05, 0.1) is 18.9 Å². The number of nitrogens with zero attached hydrogens (tertiary/aromatic N) is 1. The molecule has 2 fully saturated rings. The van der Waals surface area contributed by atoms with Crippen LogP contribution < -0.4 is 0 Å². The number of rotatable bonds is 3. The maximum Gasteiger partial charge on any atom is 0.120 e. The average molecular weight is 169 g/mol. The van der Waals surface area contributed by atoms with Crippen molar-refractivity contribution in [3.63, 3.8) is 0 Å². The van der Waals surface area contributed by atoms with Crippen molar-refractivity contribution in [1.82, 2.24) is 0 Å². The summed E-state index contributed by atoms with van der Waals surface area (Å²) in [5.74, 6) is 0.800. The highest BCUT2D eigenvalue weighted by Crippen LogP contribution is 2.28. The zero-order valence-electron chi connectivity index (χ0n) is 7.29. The first-order valence-corrected chi connectivity index (χ1v) is 4.70. The normalized spacial score (nSPS) is 23.8. The minimum absolute atomic E-state index is 0.800. The number of oxime groups is 1. The van der Waals surface area contributed by atoms with Crippen molar-refractivity contribution in [2.75, 3.05) is 19.8 Å². The van der Waals surface area contributed by atoms with Crippen molar-refractivity contribution >= 4 is 5.71 Å². The van der Waals surface area contributed by atoms with E-state index in [1.807, 2.05) is 0 Å². The van der Waals surface area contributed by atoms with Gasteiger partial charge in [-0.15, -0.1) is 0 Å². The Morgan fingerprint density at radius 3 is 2.75 bits per heavy atom. The van der Waals surface area contributed by atoms with E-state index in [1.54, 1.807) is 0 Å². The summed E-state index contributed by atoms with van der Waals surface area (Å²) < 4.78 is 5.20. The van der Waals surface area contributed by atoms with E-state index in [0.717, 1.165) is 38.6 Å². The lowest BCUT2D eigenvalue weighted by atomic mass is 10.2. The van der Waals surface area contributed by atoms with Gasteiger partial charge >= 0.3 is 0 Å². The third kappa shape index (κ3) is 2.48. The van der Waals surface area contributed by atoms with E-state index in [9.17, 15) is 0 Å². The van der Waals surface area contributed by atoms with Crippen LogP contribution in [0.25, 0.3) is 0 Å². The Kier molecular flexibility index (Phi) is 2.61. The molecule has 0 aromatic heterocycles. The second-order valence-corrected chi connectivity index (χ2v) is 3.51. The molecular weight excluding hydrogens is 154 g/mol. The lowest BCUT2D eigenvalue weighted by Gasteiger charge is -2.12. The van der Waals surface area contributed by atoms with Crippen LogP contribution in [-0.4, -0.2) is 25.5 Å². The molecule has 68 valence electrons. The van der Waals surface area contributed by atoms with Crippen LogP contribution in [0.4, 0.5) is 0 Å². The van der Waals surface area contributed by atoms with Crippen LogP contribution in [0.3, 0.4) is 0 Å². The second kappa shape index (κ2) is 3.90. The van der Waals surface area contributed by atoms with Crippen LogP contribution in [0.1, 0.15) is 25.7 Å². The first-order chi connectivity index (χ1) is 5.95. The van der Waals surface area contributed by atoms with Crippen LogP contribution in [0.2, 0.25) is 0 Å². The standard InChI is InChI=1S/C9H15NO2/c1-2-8(1)7-12-10-9-3-5-11-6-4-9/h8H,1-7H2. The van der Waals surface area contributed by atoms with E-state index in [2.05, 4.69) is 5.16 Å². The molecule has 1 saturated carbocycles. The van der Waals surface area contributed by atoms with Gasteiger partial charge in [-0.05, 0) is 18.8 Å². The van der Waals surface area contributed by atoms with E-state index in [-0.39, 0.29) is 0 Å². The molecule has 3 heteroatoms. The molecule has 1 saturated heterocycles. The molecule has 0 radical (unpaired) electrons. The average Bonchev–Trinajstić information content (AvgIpc) is 2.90. The van der Waals surface area contributed by atoms with Gasteiger partial charge in [-0.25, -0.2) is 0 Å². The van der Waals surface area contributed by atoms with Gasteiger partial charge in [-0.2, -0.15) is 0 Å². The Morgan fingerprint density at radius 1 is 1.33 bits per heavy atom. The smallest absolute Gasteiger partial charge is 0.120 e. The zero-order valence-corrected chi connectivity index (χ0v) is 7.29. The predicted octanol–water partition coefficient (Wildman–Crippen LogP) is 1.58. The number of hydrogen-bond acceptors (Lipinski definition) is 3. The minimum Gasteiger partial charge on any atom is -0.396 e. The monoisotopic (exact) mass is 169 g/mol. The van der Waals surface area contributed by atoms with Gasteiger partial charge in [0.25, 0.3) is 0 Å². The van der Waals surface area contributed by atoms with Crippen molar-refractivity contribution in [2.45, 2.75) is 25.7 Å². The van der Waals surface area contributed by atoms with Crippen molar-refractivity contribution < 1.29 is 9.57 Å². The molecule has 1 heterocycles. The van der Waals surface area contributed by atoms with E-state index < -0.39 is 0 Å². The Bertz CT molecular complexity index is 167. The fraction of sp³-hybridized carbons (Fsp3) is 0.889. The molecule has 0 aromatic rings. The molecule has 3 nitrogen and oxygen atoms in total. The molecule has 0 unspecified atom stereocenters. The molecule has 2 aliphatic rings. The Balaban J connectivity index is 1.65. The molecule has 0 aromatic carbocycles. The summed E-state index contributed by atoms with van der Waals surface area (Å²) in [7, 11) is 0. The highest BCUT2D eigenvalue weighted by atomic mass is 16.6. The summed E-state index contributed by atoms with van der Waals surface area (Å²) in [6.45, 7) is 2.45. The van der Waals surface area contributed by atoms with Crippen molar-refractivity contribution in [2.24, 2.45) is 11.1 Å². The van der Waals surface area contributed by atoms with Gasteiger partial charge < -0.3 is 9.57 Å². The third-order valence-electron chi connectivity index (χ3n) is 2.27. The van der Waals surface area contributed by atoms with Crippen LogP contribution >= 0.6 is 0 Å². The summed E-state index contributed by atoms with van der Waals surface area (Å²) in [4.78, 5) is 5.23. The maximum absolute atomic E-state index is 5.23. The minimum atomic E-state index is 0.800. The van der Waals surface area contributed by atoms with Crippen LogP contribution in [-0.2, 0) is 9.57 Å². The Labute approximate surface area is 72.7 Å². The number of ether oxygens (including phenoxy) is 1. The van der Waals surface area contributed by atoms with Crippen LogP contribution in [0.5, 0.6) is 0 Å². The van der Waals surface area contributed by atoms with E-state index >= 15 is 0 Å². The Hall–Kier alpha value is -0.570. The Morgan fingerprint density at radius 2 is 2.08 bits per heavy atom. The summed E-state index contributed by atoms with van der Waals surface area (Å²) in [5.41, 5.74) is 1.17. The molecule has 0 amide bonds. The van der Waals surface area contributed by atoms with Gasteiger partial charge in [-0.1, -0.05) is 5.16 Å². The first-order valence-electron chi connectivity index (χ1n) is 4.70. The van der Waals surface area contributed by atoms with E-state index in [0.29, 0.717) is 0 Å². The van der Waals surface area contributed by atoms with Gasteiger partial charge in [0.1, 0.15) is 6.61 Å². The first kappa shape index (κ1) is 8.05. The molecule has 0 bridgehead atoms. The highest BCUT2D eigenvalue weighted by molar-refractivity contribution is 5.84. The van der Waals surface area contributed by atoms with Crippen LogP contribution in [0.15, 0.2) is 5.16 Å². The van der Waals surface area contributed by atoms with Crippen LogP contribution in [0, 0.1) is 5.92 Å². The predicted molar refractivity (Wildman–Crippen MR) is 46.2 cm³/mol. The summed E-state index contributed by atoms with van der Waals surface area (Å²) >= 11 is 0. The summed E-state index contributed by atoms with van der Waals surface area (Å²) in [6, 6.07) is 0. The molecule has 2 rings (SSSR count). The molecule has 12 heavy (non-hydrogen) atoms. The maximum atomic E-state index is 5.23. The largest absolute Gasteiger partial charge is 0.396 e. The van der Waals surface area contributed by atoms with Crippen molar-refractivity contribution in [3.8, 4) is 0 Å². The second-order valence-electron chi connectivity index (χ2n) is 3.51. The SMILES string of the molecule is C1CC(=NOCC2CC2)CCO1. The molecule has 1 aliphatic heterocycles. The van der Waals surface area contributed by atoms with Gasteiger partial charge in [-0.3, -0.25) is 0 Å². The zero-order chi connectivity index (χ0) is 8.23. The topological polar surface area (TPSA) is 30.8 Å². The lowest BCUT2D eigenvalue weighted by Crippen LogP contribution is -2.15. The quantitative estimate of drug-likeness (QED) is 0.600. The fourth-order valence-electron chi connectivity index (χ4n) is 1.22. The van der Waals surface area contributed by atoms with Crippen molar-refractivity contribution in [1.29, 1.82) is 0 Å². The fourth-order valence-corrected chi connectivity index (χ4v) is 1.22. The van der Waals surface area contributed by atoms with Gasteiger partial charge in [0, 0.05) is 12.8 Å². The molecule has 0 atom stereocenters. The molecule has 0 spiro atoms. The highest BCUT2D eigenvalue weighted by Gasteiger charge is 2.22. The summed E-state index contributed by atoms with van der Waals surface area (Å²) in [5, 5.41) is 4.10. The van der Waals surface area contributed by atoms with Gasteiger partial charge in [0.2, 0.25) is 0 Å². The third-order valence-corrected chi connectivity index (χ3v) is 2.27. The lowest BCUT2D eigenvalue weighted by molar-refractivity contribution is 0.114. The van der Waals surface area contributed by atoms with E-state index in [4.69, 9.17) is 9.57 Å². The van der Waals surface area contributed by atoms with Gasteiger partial charge in [0.15, 0.2) is 0 Å². The molecular formula is C9H15NO2. The van der Waals surface area contributed by atoms with E-state index in [1.165, 1.54) is 18.6 Å². The van der Waals surface area contributed by atoms with Crippen molar-refractivity contribution in [3.05, 3.63) is 0 Å². The number of hydrogen-bond donors (Lipinski definition) is 0.